The van der Waals surface area contributed by atoms with Crippen LogP contribution in [0.25, 0.3) is 0 Å². The molecule has 0 atom stereocenters. The van der Waals surface area contributed by atoms with Gasteiger partial charge in [-0.2, -0.15) is 0 Å². The highest BCUT2D eigenvalue weighted by Gasteiger charge is 2.13. The number of anilines is 2. The molecule has 0 saturated carbocycles. The summed E-state index contributed by atoms with van der Waals surface area (Å²) in [5.74, 6) is 1.29. The molecule has 184 valence electrons. The van der Waals surface area contributed by atoms with Crippen LogP contribution in [0, 0.1) is 0 Å². The Morgan fingerprint density at radius 1 is 0.743 bits per heavy atom. The van der Waals surface area contributed by atoms with Crippen LogP contribution < -0.4 is 20.7 Å². The van der Waals surface area contributed by atoms with Gasteiger partial charge in [0.1, 0.15) is 11.5 Å². The van der Waals surface area contributed by atoms with Gasteiger partial charge in [0.25, 0.3) is 5.91 Å². The lowest BCUT2D eigenvalue weighted by Crippen LogP contribution is -2.42. The summed E-state index contributed by atoms with van der Waals surface area (Å²) in [5.41, 5.74) is 1.77. The maximum absolute atomic E-state index is 12.4. The number of ether oxygens (including phenoxy) is 1. The molecular formula is C28H34N4O3. The predicted molar refractivity (Wildman–Crippen MR) is 141 cm³/mol. The summed E-state index contributed by atoms with van der Waals surface area (Å²) in [6.07, 6.45) is 0. The zero-order valence-electron chi connectivity index (χ0n) is 20.7. The van der Waals surface area contributed by atoms with Crippen LogP contribution in [-0.4, -0.2) is 42.0 Å². The number of hydrogen-bond donors (Lipinski definition) is 3. The van der Waals surface area contributed by atoms with Gasteiger partial charge < -0.3 is 20.7 Å². The molecule has 0 bridgehead atoms. The third-order valence-corrected chi connectivity index (χ3v) is 5.48. The highest BCUT2D eigenvalue weighted by molar-refractivity contribution is 6.00. The lowest BCUT2D eigenvalue weighted by molar-refractivity contribution is 0.0939. The molecule has 7 heteroatoms. The van der Waals surface area contributed by atoms with Crippen LogP contribution in [0.2, 0.25) is 0 Å². The van der Waals surface area contributed by atoms with Crippen molar-refractivity contribution in [3.05, 3.63) is 84.4 Å². The van der Waals surface area contributed by atoms with Gasteiger partial charge in [-0.15, -0.1) is 0 Å². The van der Waals surface area contributed by atoms with Gasteiger partial charge in [-0.05, 0) is 88.4 Å². The molecular weight excluding hydrogens is 440 g/mol. The third kappa shape index (κ3) is 8.15. The van der Waals surface area contributed by atoms with Gasteiger partial charge in [0.05, 0.1) is 0 Å². The quantitative estimate of drug-likeness (QED) is 0.338. The summed E-state index contributed by atoms with van der Waals surface area (Å²) < 4.78 is 5.76. The zero-order valence-corrected chi connectivity index (χ0v) is 20.7. The number of amides is 3. The molecule has 0 aliphatic carbocycles. The van der Waals surface area contributed by atoms with E-state index in [1.54, 1.807) is 48.5 Å². The Hall–Kier alpha value is -3.84. The molecule has 3 amide bonds. The first kappa shape index (κ1) is 25.8. The molecule has 3 aromatic carbocycles. The molecule has 0 aliphatic rings. The first-order valence-corrected chi connectivity index (χ1v) is 11.9. The van der Waals surface area contributed by atoms with E-state index in [2.05, 4.69) is 48.5 Å². The largest absolute Gasteiger partial charge is 0.457 e. The molecule has 0 saturated heterocycles. The van der Waals surface area contributed by atoms with E-state index in [0.717, 1.165) is 12.3 Å². The highest BCUT2D eigenvalue weighted by Crippen LogP contribution is 2.22. The number of hydrogen-bond acceptors (Lipinski definition) is 4. The smallest absolute Gasteiger partial charge is 0.323 e. The molecule has 3 rings (SSSR count). The molecule has 3 aromatic rings. The van der Waals surface area contributed by atoms with Gasteiger partial charge >= 0.3 is 6.03 Å². The standard InChI is InChI=1S/C28H34N4O3/c1-20(2)32(21(3)4)19-18-29-27(33)22-10-12-23(13-11-22)30-28(34)31-24-14-16-26(17-15-24)35-25-8-6-5-7-9-25/h5-17,20-21H,18-19H2,1-4H3,(H,29,33)(H2,30,31,34). The van der Waals surface area contributed by atoms with E-state index in [9.17, 15) is 9.59 Å². The summed E-state index contributed by atoms with van der Waals surface area (Å²) in [6.45, 7) is 9.98. The fourth-order valence-corrected chi connectivity index (χ4v) is 3.74. The minimum Gasteiger partial charge on any atom is -0.457 e. The zero-order chi connectivity index (χ0) is 25.2. The van der Waals surface area contributed by atoms with Crippen LogP contribution in [-0.2, 0) is 0 Å². The molecule has 7 nitrogen and oxygen atoms in total. The number of carbonyl (C=O) groups excluding carboxylic acids is 2. The second-order valence-corrected chi connectivity index (χ2v) is 8.78. The van der Waals surface area contributed by atoms with Gasteiger partial charge in [-0.1, -0.05) is 18.2 Å². The highest BCUT2D eigenvalue weighted by atomic mass is 16.5. The molecule has 0 unspecified atom stereocenters. The number of rotatable bonds is 10. The Kier molecular flexibility index (Phi) is 9.26. The summed E-state index contributed by atoms with van der Waals surface area (Å²) >= 11 is 0. The molecule has 35 heavy (non-hydrogen) atoms. The van der Waals surface area contributed by atoms with E-state index in [-0.39, 0.29) is 11.9 Å². The Balaban J connectivity index is 1.45. The van der Waals surface area contributed by atoms with Crippen LogP contribution in [0.5, 0.6) is 11.5 Å². The number of benzene rings is 3. The number of nitrogens with zero attached hydrogens (tertiary/aromatic N) is 1. The lowest BCUT2D eigenvalue weighted by atomic mass is 10.2. The van der Waals surface area contributed by atoms with Gasteiger partial charge in [-0.3, -0.25) is 9.69 Å². The monoisotopic (exact) mass is 474 g/mol. The van der Waals surface area contributed by atoms with Crippen molar-refractivity contribution >= 4 is 23.3 Å². The van der Waals surface area contributed by atoms with E-state index in [4.69, 9.17) is 4.74 Å². The Morgan fingerprint density at radius 3 is 1.80 bits per heavy atom. The van der Waals surface area contributed by atoms with Crippen molar-refractivity contribution < 1.29 is 14.3 Å². The average Bonchev–Trinajstić information content (AvgIpc) is 2.83. The minimum atomic E-state index is -0.374. The van der Waals surface area contributed by atoms with Crippen molar-refractivity contribution in [3.63, 3.8) is 0 Å². The SMILES string of the molecule is CC(C)N(CCNC(=O)c1ccc(NC(=O)Nc2ccc(Oc3ccccc3)cc2)cc1)C(C)C. The van der Waals surface area contributed by atoms with Crippen molar-refractivity contribution in [2.75, 3.05) is 23.7 Å². The summed E-state index contributed by atoms with van der Waals surface area (Å²) in [6, 6.07) is 23.9. The van der Waals surface area contributed by atoms with E-state index in [1.807, 2.05) is 30.3 Å². The fourth-order valence-electron chi connectivity index (χ4n) is 3.74. The lowest BCUT2D eigenvalue weighted by Gasteiger charge is -2.30. The molecule has 0 heterocycles. The molecule has 0 aliphatic heterocycles. The topological polar surface area (TPSA) is 82.7 Å². The third-order valence-electron chi connectivity index (χ3n) is 5.48. The van der Waals surface area contributed by atoms with Crippen LogP contribution in [0.15, 0.2) is 78.9 Å². The molecule has 0 aromatic heterocycles. The Bertz CT molecular complexity index is 1070. The van der Waals surface area contributed by atoms with E-state index in [0.29, 0.717) is 41.3 Å². The van der Waals surface area contributed by atoms with Gasteiger partial charge in [-0.25, -0.2) is 4.79 Å². The molecule has 3 N–H and O–H groups in total. The molecule has 0 spiro atoms. The fraction of sp³-hybridized carbons (Fsp3) is 0.286. The summed E-state index contributed by atoms with van der Waals surface area (Å²) in [7, 11) is 0. The molecule has 0 fully saturated rings. The summed E-state index contributed by atoms with van der Waals surface area (Å²) in [4.78, 5) is 27.1. The van der Waals surface area contributed by atoms with Crippen molar-refractivity contribution in [2.24, 2.45) is 0 Å². The van der Waals surface area contributed by atoms with Crippen LogP contribution in [0.4, 0.5) is 16.2 Å². The first-order valence-electron chi connectivity index (χ1n) is 11.9. The maximum atomic E-state index is 12.4. The van der Waals surface area contributed by atoms with Crippen LogP contribution in [0.3, 0.4) is 0 Å². The minimum absolute atomic E-state index is 0.133. The van der Waals surface area contributed by atoms with E-state index in [1.165, 1.54) is 0 Å². The number of urea groups is 1. The summed E-state index contributed by atoms with van der Waals surface area (Å²) in [5, 5.41) is 8.52. The second-order valence-electron chi connectivity index (χ2n) is 8.78. The van der Waals surface area contributed by atoms with Crippen molar-refractivity contribution in [1.82, 2.24) is 10.2 Å². The van der Waals surface area contributed by atoms with E-state index >= 15 is 0 Å². The maximum Gasteiger partial charge on any atom is 0.323 e. The Morgan fingerprint density at radius 2 is 1.26 bits per heavy atom. The first-order chi connectivity index (χ1) is 16.8. The van der Waals surface area contributed by atoms with Gasteiger partial charge in [0.15, 0.2) is 0 Å². The van der Waals surface area contributed by atoms with E-state index < -0.39 is 0 Å². The van der Waals surface area contributed by atoms with Crippen LogP contribution in [0.1, 0.15) is 38.1 Å². The average molecular weight is 475 g/mol. The van der Waals surface area contributed by atoms with Crippen LogP contribution >= 0.6 is 0 Å². The second kappa shape index (κ2) is 12.6. The van der Waals surface area contributed by atoms with Gasteiger partial charge in [0.2, 0.25) is 0 Å². The van der Waals surface area contributed by atoms with Crippen molar-refractivity contribution in [3.8, 4) is 11.5 Å². The number of para-hydroxylation sites is 1. The van der Waals surface area contributed by atoms with Crippen molar-refractivity contribution in [2.45, 2.75) is 39.8 Å². The predicted octanol–water partition coefficient (Wildman–Crippen LogP) is 5.97. The Labute approximate surface area is 207 Å². The molecule has 0 radical (unpaired) electrons. The number of nitrogens with one attached hydrogen (secondary N) is 3. The van der Waals surface area contributed by atoms with Gasteiger partial charge in [0, 0.05) is 42.1 Å². The van der Waals surface area contributed by atoms with Crippen molar-refractivity contribution in [1.29, 1.82) is 0 Å². The normalized spacial score (nSPS) is 10.9. The number of carbonyl (C=O) groups is 2.